The molecule has 0 aromatic carbocycles. The molecule has 8 heteroatoms. The topological polar surface area (TPSA) is 99.2 Å². The van der Waals surface area contributed by atoms with E-state index in [2.05, 4.69) is 11.4 Å². The van der Waals surface area contributed by atoms with Crippen LogP contribution in [0.4, 0.5) is 13.6 Å². The van der Waals surface area contributed by atoms with Gasteiger partial charge in [0.25, 0.3) is 0 Å². The van der Waals surface area contributed by atoms with Gasteiger partial charge in [0.1, 0.15) is 5.54 Å². The Bertz CT molecular complexity index is 696. The molecule has 0 aromatic heterocycles. The van der Waals surface area contributed by atoms with Gasteiger partial charge in [-0.25, -0.2) is 13.6 Å². The number of rotatable bonds is 7. The summed E-state index contributed by atoms with van der Waals surface area (Å²) in [6, 6.07) is 1.55. The first-order valence-corrected chi connectivity index (χ1v) is 11.3. The van der Waals surface area contributed by atoms with Gasteiger partial charge in [-0.3, -0.25) is 4.79 Å². The largest absolute Gasteiger partial charge is 0.351 e. The summed E-state index contributed by atoms with van der Waals surface area (Å²) in [6.07, 6.45) is 6.19. The molecule has 0 bridgehead atoms. The molecule has 3 aliphatic rings. The molecular formula is C22H34F2N4O2. The molecule has 30 heavy (non-hydrogen) atoms. The van der Waals surface area contributed by atoms with E-state index in [4.69, 9.17) is 5.73 Å². The normalized spacial score (nSPS) is 25.9. The Hall–Kier alpha value is -1.91. The molecule has 1 saturated heterocycles. The van der Waals surface area contributed by atoms with E-state index in [0.29, 0.717) is 32.2 Å². The first kappa shape index (κ1) is 22.8. The predicted molar refractivity (Wildman–Crippen MR) is 108 cm³/mol. The number of amides is 3. The van der Waals surface area contributed by atoms with Crippen LogP contribution in [-0.4, -0.2) is 41.4 Å². The first-order chi connectivity index (χ1) is 14.2. The fourth-order valence-electron chi connectivity index (χ4n) is 5.62. The fourth-order valence-corrected chi connectivity index (χ4v) is 5.62. The summed E-state index contributed by atoms with van der Waals surface area (Å²) in [4.78, 5) is 26.7. The average Bonchev–Trinajstić information content (AvgIpc) is 3.47. The molecule has 6 nitrogen and oxygen atoms in total. The van der Waals surface area contributed by atoms with Gasteiger partial charge in [-0.05, 0) is 43.4 Å². The maximum atomic E-state index is 14.8. The van der Waals surface area contributed by atoms with Crippen LogP contribution in [0.3, 0.4) is 0 Å². The van der Waals surface area contributed by atoms with Crippen molar-refractivity contribution < 1.29 is 18.4 Å². The minimum atomic E-state index is -2.97. The van der Waals surface area contributed by atoms with Crippen LogP contribution in [0.1, 0.15) is 77.6 Å². The van der Waals surface area contributed by atoms with E-state index in [9.17, 15) is 23.6 Å². The Morgan fingerprint density at radius 2 is 1.90 bits per heavy atom. The van der Waals surface area contributed by atoms with Gasteiger partial charge >= 0.3 is 6.03 Å². The zero-order chi connectivity index (χ0) is 22.0. The zero-order valence-corrected chi connectivity index (χ0v) is 17.9. The zero-order valence-electron chi connectivity index (χ0n) is 17.9. The number of nitrogens with one attached hydrogen (secondary N) is 1. The number of nitrogens with zero attached hydrogens (tertiary/aromatic N) is 2. The molecule has 1 aliphatic heterocycles. The molecule has 3 N–H and O–H groups in total. The number of carbonyl (C=O) groups excluding carboxylic acids is 2. The van der Waals surface area contributed by atoms with Crippen molar-refractivity contribution in [1.82, 2.24) is 10.2 Å². The van der Waals surface area contributed by atoms with Crippen molar-refractivity contribution in [2.45, 2.75) is 89.0 Å². The minimum Gasteiger partial charge on any atom is -0.351 e. The SMILES string of the molecule is CCCC(F)(F)C[C@H](C(=O)NC1(C#N)CC1)C1CN(C(N)=O)CCC12CCCCC2. The molecule has 168 valence electrons. The molecule has 2 atom stereocenters. The van der Waals surface area contributed by atoms with Crippen molar-refractivity contribution >= 4 is 11.9 Å². The molecule has 0 radical (unpaired) electrons. The highest BCUT2D eigenvalue weighted by Gasteiger charge is 2.53. The third-order valence-electron chi connectivity index (χ3n) is 7.53. The fraction of sp³-hybridized carbons (Fsp3) is 0.864. The monoisotopic (exact) mass is 424 g/mol. The summed E-state index contributed by atoms with van der Waals surface area (Å²) in [5.41, 5.74) is 4.39. The molecule has 1 spiro atoms. The van der Waals surface area contributed by atoms with Crippen LogP contribution >= 0.6 is 0 Å². The Morgan fingerprint density at radius 3 is 2.43 bits per heavy atom. The quantitative estimate of drug-likeness (QED) is 0.647. The van der Waals surface area contributed by atoms with Crippen molar-refractivity contribution in [3.05, 3.63) is 0 Å². The molecule has 3 fully saturated rings. The van der Waals surface area contributed by atoms with Crippen LogP contribution in [0.25, 0.3) is 0 Å². The number of halogens is 2. The lowest BCUT2D eigenvalue weighted by atomic mass is 9.57. The van der Waals surface area contributed by atoms with Gasteiger partial charge in [0.2, 0.25) is 11.8 Å². The van der Waals surface area contributed by atoms with Crippen molar-refractivity contribution in [2.75, 3.05) is 13.1 Å². The lowest BCUT2D eigenvalue weighted by molar-refractivity contribution is -0.139. The molecule has 1 unspecified atom stereocenters. The third kappa shape index (κ3) is 4.87. The number of urea groups is 1. The standard InChI is InChI=1S/C22H34F2N4O2/c1-2-6-22(23,24)13-16(18(29)27-21(15-25)9-10-21)17-14-28(19(26)30)12-11-20(17)7-4-3-5-8-20/h16-17H,2-14H2,1H3,(H2,26,30)(H,27,29)/t16-,17?/m0/s1. The van der Waals surface area contributed by atoms with Gasteiger partial charge in [0, 0.05) is 31.8 Å². The van der Waals surface area contributed by atoms with Crippen LogP contribution in [0.15, 0.2) is 0 Å². The van der Waals surface area contributed by atoms with Crippen LogP contribution < -0.4 is 11.1 Å². The number of hydrogen-bond acceptors (Lipinski definition) is 3. The van der Waals surface area contributed by atoms with Crippen molar-refractivity contribution in [1.29, 1.82) is 5.26 Å². The maximum Gasteiger partial charge on any atom is 0.314 e. The molecule has 2 saturated carbocycles. The number of nitriles is 1. The molecule has 0 aromatic rings. The Labute approximate surface area is 177 Å². The Kier molecular flexibility index (Phi) is 6.59. The van der Waals surface area contributed by atoms with E-state index in [0.717, 1.165) is 32.1 Å². The number of likely N-dealkylation sites (tertiary alicyclic amines) is 1. The Morgan fingerprint density at radius 1 is 1.23 bits per heavy atom. The highest BCUT2D eigenvalue weighted by atomic mass is 19.3. The second-order valence-corrected chi connectivity index (χ2v) is 9.66. The molecule has 3 amide bonds. The minimum absolute atomic E-state index is 0.224. The summed E-state index contributed by atoms with van der Waals surface area (Å²) in [5.74, 6) is -4.76. The van der Waals surface area contributed by atoms with Crippen molar-refractivity contribution in [3.8, 4) is 6.07 Å². The van der Waals surface area contributed by atoms with Crippen molar-refractivity contribution in [3.63, 3.8) is 0 Å². The van der Waals surface area contributed by atoms with Crippen LogP contribution in [0.5, 0.6) is 0 Å². The van der Waals surface area contributed by atoms with Gasteiger partial charge in [-0.1, -0.05) is 32.6 Å². The number of primary amides is 1. The molecular weight excluding hydrogens is 390 g/mol. The van der Waals surface area contributed by atoms with Crippen LogP contribution in [-0.2, 0) is 4.79 Å². The summed E-state index contributed by atoms with van der Waals surface area (Å²) in [7, 11) is 0. The van der Waals surface area contributed by atoms with E-state index in [1.54, 1.807) is 6.92 Å². The number of nitrogens with two attached hydrogens (primary N) is 1. The van der Waals surface area contributed by atoms with E-state index in [-0.39, 0.29) is 24.3 Å². The van der Waals surface area contributed by atoms with Gasteiger partial charge in [-0.15, -0.1) is 0 Å². The van der Waals surface area contributed by atoms with Crippen LogP contribution in [0, 0.1) is 28.6 Å². The van der Waals surface area contributed by atoms with Crippen LogP contribution in [0.2, 0.25) is 0 Å². The average molecular weight is 425 g/mol. The Balaban J connectivity index is 1.93. The molecule has 2 aliphatic carbocycles. The van der Waals surface area contributed by atoms with Gasteiger partial charge < -0.3 is 16.0 Å². The predicted octanol–water partition coefficient (Wildman–Crippen LogP) is 3.95. The van der Waals surface area contributed by atoms with E-state index in [1.165, 1.54) is 4.90 Å². The first-order valence-electron chi connectivity index (χ1n) is 11.3. The molecule has 1 heterocycles. The van der Waals surface area contributed by atoms with E-state index >= 15 is 0 Å². The maximum absolute atomic E-state index is 14.8. The summed E-state index contributed by atoms with van der Waals surface area (Å²) < 4.78 is 29.6. The second kappa shape index (κ2) is 8.68. The van der Waals surface area contributed by atoms with Gasteiger partial charge in [-0.2, -0.15) is 5.26 Å². The second-order valence-electron chi connectivity index (χ2n) is 9.66. The van der Waals surface area contributed by atoms with E-state index in [1.807, 2.05) is 0 Å². The number of carbonyl (C=O) groups is 2. The summed E-state index contributed by atoms with van der Waals surface area (Å²) in [6.45, 7) is 2.44. The van der Waals surface area contributed by atoms with Crippen molar-refractivity contribution in [2.24, 2.45) is 23.0 Å². The lowest BCUT2D eigenvalue weighted by Gasteiger charge is -2.52. The number of hydrogen-bond donors (Lipinski definition) is 2. The summed E-state index contributed by atoms with van der Waals surface area (Å²) in [5, 5.41) is 12.2. The van der Waals surface area contributed by atoms with Gasteiger partial charge in [0.05, 0.1) is 6.07 Å². The molecule has 3 rings (SSSR count). The van der Waals surface area contributed by atoms with E-state index < -0.39 is 35.7 Å². The summed E-state index contributed by atoms with van der Waals surface area (Å²) >= 11 is 0. The number of piperidine rings is 1. The highest BCUT2D eigenvalue weighted by Crippen LogP contribution is 2.52. The van der Waals surface area contributed by atoms with Gasteiger partial charge in [0.15, 0.2) is 0 Å². The third-order valence-corrected chi connectivity index (χ3v) is 7.53. The smallest absolute Gasteiger partial charge is 0.314 e. The number of alkyl halides is 2. The lowest BCUT2D eigenvalue weighted by Crippen LogP contribution is -2.57. The highest BCUT2D eigenvalue weighted by molar-refractivity contribution is 5.81.